The second-order valence-corrected chi connectivity index (χ2v) is 7.60. The number of nitrogens with zero attached hydrogens (tertiary/aromatic N) is 1. The molecule has 6 nitrogen and oxygen atoms in total. The summed E-state index contributed by atoms with van der Waals surface area (Å²) in [7, 11) is 0. The number of hydrogen-bond donors (Lipinski definition) is 3. The second-order valence-electron chi connectivity index (χ2n) is 7.60. The molecule has 1 fully saturated rings. The first-order valence-electron chi connectivity index (χ1n) is 10.2. The Morgan fingerprint density at radius 2 is 1.88 bits per heavy atom. The van der Waals surface area contributed by atoms with Crippen molar-refractivity contribution < 1.29 is 18.4 Å². The Balaban J connectivity index is 1.60. The van der Waals surface area contributed by atoms with Crippen LogP contribution in [-0.4, -0.2) is 29.4 Å². The molecule has 0 radical (unpaired) electrons. The molecule has 3 N–H and O–H groups in total. The average molecular weight is 434 g/mol. The molecular formula is C24H20F2N4O2. The number of carbonyl (C=O) groups excluding carboxylic acids is 2. The van der Waals surface area contributed by atoms with Gasteiger partial charge in [0.15, 0.2) is 0 Å². The fraction of sp³-hybridized carbons (Fsp3) is 0.208. The molecular weight excluding hydrogens is 414 g/mol. The van der Waals surface area contributed by atoms with E-state index in [1.54, 1.807) is 24.3 Å². The van der Waals surface area contributed by atoms with Gasteiger partial charge < -0.3 is 15.6 Å². The van der Waals surface area contributed by atoms with Gasteiger partial charge in [-0.25, -0.2) is 8.78 Å². The molecule has 0 bridgehead atoms. The van der Waals surface area contributed by atoms with Gasteiger partial charge in [0.2, 0.25) is 11.8 Å². The third-order valence-electron chi connectivity index (χ3n) is 5.44. The minimum Gasteiger partial charge on any atom is -0.354 e. The number of aromatic nitrogens is 1. The van der Waals surface area contributed by atoms with E-state index in [1.165, 1.54) is 24.3 Å². The van der Waals surface area contributed by atoms with Crippen molar-refractivity contribution in [3.8, 4) is 28.6 Å². The van der Waals surface area contributed by atoms with Gasteiger partial charge in [0.1, 0.15) is 23.7 Å². The number of aryl methyl sites for hydroxylation is 1. The van der Waals surface area contributed by atoms with Crippen LogP contribution in [0.3, 0.4) is 0 Å². The fourth-order valence-corrected chi connectivity index (χ4v) is 3.74. The lowest BCUT2D eigenvalue weighted by Crippen LogP contribution is -2.40. The van der Waals surface area contributed by atoms with E-state index in [9.17, 15) is 18.4 Å². The second kappa shape index (κ2) is 9.02. The largest absolute Gasteiger partial charge is 0.354 e. The van der Waals surface area contributed by atoms with Crippen molar-refractivity contribution in [2.45, 2.75) is 25.3 Å². The Labute approximate surface area is 183 Å². The van der Waals surface area contributed by atoms with Crippen LogP contribution in [0.2, 0.25) is 0 Å². The van der Waals surface area contributed by atoms with E-state index in [1.807, 2.05) is 6.07 Å². The van der Waals surface area contributed by atoms with Crippen LogP contribution in [0.4, 0.5) is 8.78 Å². The van der Waals surface area contributed by atoms with E-state index < -0.39 is 11.9 Å². The molecule has 4 rings (SSSR count). The van der Waals surface area contributed by atoms with E-state index in [0.717, 1.165) is 11.1 Å². The maximum Gasteiger partial charge on any atom is 0.242 e. The molecule has 162 valence electrons. The summed E-state index contributed by atoms with van der Waals surface area (Å²) in [6.45, 7) is 0.542. The number of carbonyl (C=O) groups is 2. The molecule has 1 aliphatic heterocycles. The predicted octanol–water partition coefficient (Wildman–Crippen LogP) is 3.44. The van der Waals surface area contributed by atoms with Crippen LogP contribution < -0.4 is 10.6 Å². The summed E-state index contributed by atoms with van der Waals surface area (Å²) in [6, 6.07) is 13.3. The van der Waals surface area contributed by atoms with Crippen molar-refractivity contribution in [1.29, 1.82) is 5.26 Å². The minimum atomic E-state index is -0.626. The van der Waals surface area contributed by atoms with Crippen LogP contribution in [0.5, 0.6) is 0 Å². The van der Waals surface area contributed by atoms with Crippen molar-refractivity contribution in [2.24, 2.45) is 0 Å². The molecule has 1 saturated heterocycles. The lowest BCUT2D eigenvalue weighted by molar-refractivity contribution is -0.127. The molecule has 2 aromatic carbocycles. The Kier molecular flexibility index (Phi) is 5.99. The zero-order valence-corrected chi connectivity index (χ0v) is 17.0. The summed E-state index contributed by atoms with van der Waals surface area (Å²) in [5.41, 5.74) is 3.31. The highest BCUT2D eigenvalue weighted by Crippen LogP contribution is 2.31. The number of halogens is 2. The maximum absolute atomic E-state index is 14.1. The summed E-state index contributed by atoms with van der Waals surface area (Å²) in [6.07, 6.45) is 1.07. The number of amides is 2. The van der Waals surface area contributed by atoms with E-state index in [-0.39, 0.29) is 29.6 Å². The number of rotatable bonds is 6. The van der Waals surface area contributed by atoms with Crippen molar-refractivity contribution in [3.05, 3.63) is 71.3 Å². The van der Waals surface area contributed by atoms with Crippen LogP contribution >= 0.6 is 0 Å². The first kappa shape index (κ1) is 21.2. The molecule has 1 atom stereocenters. The van der Waals surface area contributed by atoms with E-state index in [2.05, 4.69) is 15.6 Å². The molecule has 32 heavy (non-hydrogen) atoms. The van der Waals surface area contributed by atoms with E-state index in [0.29, 0.717) is 36.3 Å². The number of hydrogen-bond acceptors (Lipinski definition) is 3. The standard InChI is InChI=1S/C24H20F2N4O2/c25-18-6-3-14(4-7-18)23-16(5-8-22(31)29-20-9-10-28-24(20)32)12-21(30-23)15-1-2-17(13-27)19(26)11-15/h1-4,6-7,11-12,20,30H,5,8-10H2,(H,28,32)(H,29,31). The van der Waals surface area contributed by atoms with Gasteiger partial charge in [0.05, 0.1) is 5.56 Å². The van der Waals surface area contributed by atoms with Crippen molar-refractivity contribution in [1.82, 2.24) is 15.6 Å². The van der Waals surface area contributed by atoms with Crippen LogP contribution in [0, 0.1) is 23.0 Å². The topological polar surface area (TPSA) is 97.8 Å². The van der Waals surface area contributed by atoms with Gasteiger partial charge in [0.25, 0.3) is 0 Å². The van der Waals surface area contributed by atoms with Gasteiger partial charge in [-0.15, -0.1) is 0 Å². The third-order valence-corrected chi connectivity index (χ3v) is 5.44. The molecule has 0 saturated carbocycles. The highest BCUT2D eigenvalue weighted by Gasteiger charge is 2.25. The zero-order valence-electron chi connectivity index (χ0n) is 17.0. The zero-order chi connectivity index (χ0) is 22.7. The van der Waals surface area contributed by atoms with Crippen LogP contribution in [0.1, 0.15) is 24.0 Å². The minimum absolute atomic E-state index is 0.0492. The average Bonchev–Trinajstić information content (AvgIpc) is 3.39. The molecule has 1 aromatic heterocycles. The summed E-state index contributed by atoms with van der Waals surface area (Å²) in [4.78, 5) is 27.3. The molecule has 2 amide bonds. The summed E-state index contributed by atoms with van der Waals surface area (Å²) < 4.78 is 27.5. The first-order chi connectivity index (χ1) is 15.4. The summed E-state index contributed by atoms with van der Waals surface area (Å²) >= 11 is 0. The quantitative estimate of drug-likeness (QED) is 0.554. The molecule has 1 unspecified atom stereocenters. The summed E-state index contributed by atoms with van der Waals surface area (Å²) in [5.74, 6) is -1.43. The first-order valence-corrected chi connectivity index (χ1v) is 10.2. The van der Waals surface area contributed by atoms with Gasteiger partial charge in [0, 0.05) is 29.9 Å². The number of benzene rings is 2. The van der Waals surface area contributed by atoms with Crippen molar-refractivity contribution >= 4 is 11.8 Å². The van der Waals surface area contributed by atoms with E-state index >= 15 is 0 Å². The maximum atomic E-state index is 14.1. The Morgan fingerprint density at radius 1 is 1.12 bits per heavy atom. The molecule has 2 heterocycles. The number of H-pyrrole nitrogens is 1. The van der Waals surface area contributed by atoms with Crippen LogP contribution in [0.15, 0.2) is 48.5 Å². The predicted molar refractivity (Wildman–Crippen MR) is 114 cm³/mol. The van der Waals surface area contributed by atoms with Crippen molar-refractivity contribution in [2.75, 3.05) is 6.54 Å². The molecule has 8 heteroatoms. The van der Waals surface area contributed by atoms with Gasteiger partial charge in [-0.05, 0) is 66.4 Å². The molecule has 1 aliphatic rings. The summed E-state index contributed by atoms with van der Waals surface area (Å²) in [5, 5.41) is 14.4. The lowest BCUT2D eigenvalue weighted by Gasteiger charge is -2.10. The normalized spacial score (nSPS) is 15.3. The Bertz CT molecular complexity index is 1210. The molecule has 3 aromatic rings. The van der Waals surface area contributed by atoms with Crippen molar-refractivity contribution in [3.63, 3.8) is 0 Å². The fourth-order valence-electron chi connectivity index (χ4n) is 3.74. The monoisotopic (exact) mass is 434 g/mol. The Hall–Kier alpha value is -3.99. The van der Waals surface area contributed by atoms with E-state index in [4.69, 9.17) is 5.26 Å². The Morgan fingerprint density at radius 3 is 2.53 bits per heavy atom. The number of nitrogens with one attached hydrogen (secondary N) is 3. The highest BCUT2D eigenvalue weighted by molar-refractivity contribution is 5.89. The van der Waals surface area contributed by atoms with Gasteiger partial charge >= 0.3 is 0 Å². The van der Waals surface area contributed by atoms with Gasteiger partial charge in [-0.1, -0.05) is 6.07 Å². The lowest BCUT2D eigenvalue weighted by atomic mass is 10.0. The molecule has 0 spiro atoms. The smallest absolute Gasteiger partial charge is 0.242 e. The van der Waals surface area contributed by atoms with Gasteiger partial charge in [-0.3, -0.25) is 9.59 Å². The van der Waals surface area contributed by atoms with Gasteiger partial charge in [-0.2, -0.15) is 5.26 Å². The SMILES string of the molecule is N#Cc1ccc(-c2cc(CCC(=O)NC3CCNC3=O)c(-c3ccc(F)cc3)[nH]2)cc1F. The van der Waals surface area contributed by atoms with Crippen LogP contribution in [-0.2, 0) is 16.0 Å². The third kappa shape index (κ3) is 4.52. The molecule has 0 aliphatic carbocycles. The number of aromatic amines is 1. The van der Waals surface area contributed by atoms with Crippen LogP contribution in [0.25, 0.3) is 22.5 Å². The highest BCUT2D eigenvalue weighted by atomic mass is 19.1. The number of nitriles is 1.